The molecule has 17 heavy (non-hydrogen) atoms. The first kappa shape index (κ1) is 12.9. The first-order valence-electron chi connectivity index (χ1n) is 6.36. The molecule has 0 aliphatic carbocycles. The van der Waals surface area contributed by atoms with Crippen molar-refractivity contribution in [1.29, 1.82) is 0 Å². The second-order valence-corrected chi connectivity index (χ2v) is 5.99. The molecule has 2 rings (SSSR count). The van der Waals surface area contributed by atoms with Crippen LogP contribution in [-0.4, -0.2) is 13.1 Å². The van der Waals surface area contributed by atoms with Gasteiger partial charge in [-0.05, 0) is 30.4 Å². The van der Waals surface area contributed by atoms with E-state index < -0.39 is 0 Å². The van der Waals surface area contributed by atoms with E-state index in [9.17, 15) is 0 Å². The lowest BCUT2D eigenvalue weighted by molar-refractivity contribution is 0.323. The third-order valence-corrected chi connectivity index (χ3v) is 4.72. The first-order chi connectivity index (χ1) is 8.13. The van der Waals surface area contributed by atoms with E-state index >= 15 is 0 Å². The molecular weight excluding hydrogens is 276 g/mol. The topological polar surface area (TPSA) is 29.3 Å². The van der Waals surface area contributed by atoms with Crippen molar-refractivity contribution < 1.29 is 0 Å². The van der Waals surface area contributed by atoms with E-state index in [-0.39, 0.29) is 0 Å². The van der Waals surface area contributed by atoms with E-state index in [0.717, 1.165) is 29.4 Å². The van der Waals surface area contributed by atoms with Crippen molar-refractivity contribution in [3.63, 3.8) is 0 Å². The molecule has 1 aliphatic rings. The number of halogens is 1. The number of nitrogens with two attached hydrogens (primary N) is 1. The Kier molecular flexibility index (Phi) is 4.10. The zero-order chi connectivity index (χ0) is 12.4. The third kappa shape index (κ3) is 2.66. The molecule has 0 spiro atoms. The Bertz CT molecular complexity index is 392. The molecular formula is C14H21BrN2. The molecule has 2 N–H and O–H groups in total. The molecule has 2 atom stereocenters. The van der Waals surface area contributed by atoms with Crippen LogP contribution in [0.25, 0.3) is 0 Å². The lowest BCUT2D eigenvalue weighted by atomic mass is 9.88. The van der Waals surface area contributed by atoms with Crippen molar-refractivity contribution in [2.75, 3.05) is 18.0 Å². The summed E-state index contributed by atoms with van der Waals surface area (Å²) in [4.78, 5) is 2.48. The van der Waals surface area contributed by atoms with Gasteiger partial charge >= 0.3 is 0 Å². The zero-order valence-corrected chi connectivity index (χ0v) is 12.2. The SMILES string of the molecule is CC1CCN(c2cccc(Br)c2CN)CC1C. The van der Waals surface area contributed by atoms with Crippen LogP contribution in [-0.2, 0) is 6.54 Å². The molecule has 3 heteroatoms. The van der Waals surface area contributed by atoms with Crippen LogP contribution in [0, 0.1) is 11.8 Å². The summed E-state index contributed by atoms with van der Waals surface area (Å²) in [6.45, 7) is 7.58. The van der Waals surface area contributed by atoms with Crippen molar-refractivity contribution in [2.45, 2.75) is 26.8 Å². The molecule has 0 radical (unpaired) electrons. The minimum Gasteiger partial charge on any atom is -0.371 e. The van der Waals surface area contributed by atoms with Crippen molar-refractivity contribution in [2.24, 2.45) is 17.6 Å². The second kappa shape index (κ2) is 5.40. The minimum atomic E-state index is 0.594. The van der Waals surface area contributed by atoms with Crippen LogP contribution in [0.3, 0.4) is 0 Å². The van der Waals surface area contributed by atoms with E-state index in [1.807, 2.05) is 0 Å². The van der Waals surface area contributed by atoms with Crippen LogP contribution >= 0.6 is 15.9 Å². The van der Waals surface area contributed by atoms with Crippen LogP contribution in [0.15, 0.2) is 22.7 Å². The molecule has 1 aliphatic heterocycles. The highest BCUT2D eigenvalue weighted by Crippen LogP contribution is 2.32. The van der Waals surface area contributed by atoms with E-state index in [1.165, 1.54) is 17.7 Å². The Balaban J connectivity index is 2.25. The monoisotopic (exact) mass is 296 g/mol. The van der Waals surface area contributed by atoms with Gasteiger partial charge in [0.25, 0.3) is 0 Å². The van der Waals surface area contributed by atoms with E-state index in [2.05, 4.69) is 52.9 Å². The van der Waals surface area contributed by atoms with E-state index in [1.54, 1.807) is 0 Å². The van der Waals surface area contributed by atoms with Gasteiger partial charge in [0.2, 0.25) is 0 Å². The maximum absolute atomic E-state index is 5.86. The number of nitrogens with zero attached hydrogens (tertiary/aromatic N) is 1. The standard InChI is InChI=1S/C14H21BrN2/c1-10-6-7-17(9-11(10)2)14-5-3-4-13(15)12(14)8-16/h3-5,10-11H,6-9,16H2,1-2H3. The molecule has 0 amide bonds. The van der Waals surface area contributed by atoms with Gasteiger partial charge in [0, 0.05) is 35.4 Å². The average Bonchev–Trinajstić information content (AvgIpc) is 2.32. The highest BCUT2D eigenvalue weighted by Gasteiger charge is 2.24. The first-order valence-corrected chi connectivity index (χ1v) is 7.15. The number of anilines is 1. The molecule has 0 saturated carbocycles. The summed E-state index contributed by atoms with van der Waals surface area (Å²) < 4.78 is 1.13. The lowest BCUT2D eigenvalue weighted by Gasteiger charge is -2.38. The highest BCUT2D eigenvalue weighted by atomic mass is 79.9. The molecule has 0 bridgehead atoms. The largest absolute Gasteiger partial charge is 0.371 e. The second-order valence-electron chi connectivity index (χ2n) is 5.13. The predicted molar refractivity (Wildman–Crippen MR) is 77.2 cm³/mol. The molecule has 2 unspecified atom stereocenters. The number of hydrogen-bond acceptors (Lipinski definition) is 2. The summed E-state index contributed by atoms with van der Waals surface area (Å²) in [6, 6.07) is 6.36. The maximum atomic E-state index is 5.86. The maximum Gasteiger partial charge on any atom is 0.0423 e. The Morgan fingerprint density at radius 1 is 1.35 bits per heavy atom. The average molecular weight is 297 g/mol. The molecule has 1 aromatic rings. The van der Waals surface area contributed by atoms with Crippen LogP contribution in [0.1, 0.15) is 25.8 Å². The van der Waals surface area contributed by atoms with Gasteiger partial charge in [-0.1, -0.05) is 35.8 Å². The van der Waals surface area contributed by atoms with Crippen molar-refractivity contribution in [1.82, 2.24) is 0 Å². The van der Waals surface area contributed by atoms with Crippen LogP contribution in [0.5, 0.6) is 0 Å². The van der Waals surface area contributed by atoms with Gasteiger partial charge in [0.1, 0.15) is 0 Å². The van der Waals surface area contributed by atoms with Gasteiger partial charge in [0.15, 0.2) is 0 Å². The predicted octanol–water partition coefficient (Wildman–Crippen LogP) is 3.39. The quantitative estimate of drug-likeness (QED) is 0.906. The minimum absolute atomic E-state index is 0.594. The summed E-state index contributed by atoms with van der Waals surface area (Å²) in [5.74, 6) is 1.59. The Morgan fingerprint density at radius 2 is 2.12 bits per heavy atom. The fraction of sp³-hybridized carbons (Fsp3) is 0.571. The smallest absolute Gasteiger partial charge is 0.0423 e. The van der Waals surface area contributed by atoms with Gasteiger partial charge in [-0.15, -0.1) is 0 Å². The molecule has 94 valence electrons. The van der Waals surface area contributed by atoms with Gasteiger partial charge in [0.05, 0.1) is 0 Å². The van der Waals surface area contributed by atoms with Gasteiger partial charge in [-0.3, -0.25) is 0 Å². The highest BCUT2D eigenvalue weighted by molar-refractivity contribution is 9.10. The van der Waals surface area contributed by atoms with Crippen molar-refractivity contribution in [3.8, 4) is 0 Å². The number of rotatable bonds is 2. The normalized spacial score (nSPS) is 25.1. The molecule has 1 aromatic carbocycles. The summed E-state index contributed by atoms with van der Waals surface area (Å²) >= 11 is 3.59. The van der Waals surface area contributed by atoms with Gasteiger partial charge < -0.3 is 10.6 Å². The fourth-order valence-electron chi connectivity index (χ4n) is 2.53. The Morgan fingerprint density at radius 3 is 2.76 bits per heavy atom. The Labute approximate surface area is 112 Å². The van der Waals surface area contributed by atoms with E-state index in [0.29, 0.717) is 6.54 Å². The van der Waals surface area contributed by atoms with Crippen molar-refractivity contribution in [3.05, 3.63) is 28.2 Å². The van der Waals surface area contributed by atoms with Gasteiger partial charge in [-0.25, -0.2) is 0 Å². The summed E-state index contributed by atoms with van der Waals surface area (Å²) in [5.41, 5.74) is 8.40. The Hall–Kier alpha value is -0.540. The number of benzene rings is 1. The van der Waals surface area contributed by atoms with Crippen LogP contribution < -0.4 is 10.6 Å². The number of hydrogen-bond donors (Lipinski definition) is 1. The van der Waals surface area contributed by atoms with Crippen molar-refractivity contribution >= 4 is 21.6 Å². The van der Waals surface area contributed by atoms with Crippen LogP contribution in [0.2, 0.25) is 0 Å². The molecule has 1 fully saturated rings. The van der Waals surface area contributed by atoms with Crippen LogP contribution in [0.4, 0.5) is 5.69 Å². The molecule has 0 aromatic heterocycles. The summed E-state index contributed by atoms with van der Waals surface area (Å²) in [5, 5.41) is 0. The lowest BCUT2D eigenvalue weighted by Crippen LogP contribution is -2.39. The third-order valence-electron chi connectivity index (χ3n) is 3.97. The zero-order valence-electron chi connectivity index (χ0n) is 10.6. The fourth-order valence-corrected chi connectivity index (χ4v) is 3.04. The van der Waals surface area contributed by atoms with E-state index in [4.69, 9.17) is 5.73 Å². The summed E-state index contributed by atoms with van der Waals surface area (Å²) in [7, 11) is 0. The number of piperidine rings is 1. The molecule has 1 heterocycles. The summed E-state index contributed by atoms with van der Waals surface area (Å²) in [6.07, 6.45) is 1.28. The molecule has 2 nitrogen and oxygen atoms in total. The molecule has 1 saturated heterocycles. The van der Waals surface area contributed by atoms with Gasteiger partial charge in [-0.2, -0.15) is 0 Å².